The van der Waals surface area contributed by atoms with Crippen LogP contribution in [0.1, 0.15) is 32.9 Å². The number of carbonyl (C=O) groups excluding carboxylic acids is 2. The minimum atomic E-state index is -0.612. The Morgan fingerprint density at radius 2 is 1.83 bits per heavy atom. The maximum atomic E-state index is 13.6. The topological polar surface area (TPSA) is 73.2 Å². The van der Waals surface area contributed by atoms with Gasteiger partial charge in [0.05, 0.1) is 17.1 Å². The standard InChI is InChI=1S/C22H22FN3O3/c1-14-9-10-17(11-19(14)23)12-24-20(27)13-29-22(28)21-15(2)25-26(16(21)3)18-7-5-4-6-8-18/h4-11H,12-13H2,1-3H3,(H,24,27). The molecule has 1 aromatic heterocycles. The van der Waals surface area contributed by atoms with E-state index in [1.165, 1.54) is 6.07 Å². The van der Waals surface area contributed by atoms with Crippen molar-refractivity contribution in [3.8, 4) is 5.69 Å². The maximum absolute atomic E-state index is 13.6. The molecule has 0 unspecified atom stereocenters. The van der Waals surface area contributed by atoms with Gasteiger partial charge in [0.15, 0.2) is 6.61 Å². The highest BCUT2D eigenvalue weighted by Gasteiger charge is 2.21. The number of carbonyl (C=O) groups is 2. The number of benzene rings is 2. The third kappa shape index (κ3) is 4.68. The van der Waals surface area contributed by atoms with E-state index < -0.39 is 18.5 Å². The number of aryl methyl sites for hydroxylation is 2. The van der Waals surface area contributed by atoms with E-state index in [1.54, 1.807) is 37.6 Å². The van der Waals surface area contributed by atoms with Crippen molar-refractivity contribution in [2.45, 2.75) is 27.3 Å². The summed E-state index contributed by atoms with van der Waals surface area (Å²) >= 11 is 0. The summed E-state index contributed by atoms with van der Waals surface area (Å²) < 4.78 is 20.4. The Balaban J connectivity index is 1.60. The first-order valence-electron chi connectivity index (χ1n) is 9.17. The summed E-state index contributed by atoms with van der Waals surface area (Å²) in [6.45, 7) is 4.88. The average molecular weight is 395 g/mol. The lowest BCUT2D eigenvalue weighted by Crippen LogP contribution is -2.28. The Morgan fingerprint density at radius 1 is 1.10 bits per heavy atom. The largest absolute Gasteiger partial charge is 0.452 e. The molecule has 1 amide bonds. The molecule has 2 aromatic carbocycles. The molecule has 0 spiro atoms. The maximum Gasteiger partial charge on any atom is 0.342 e. The fraction of sp³-hybridized carbons (Fsp3) is 0.227. The Labute approximate surface area is 168 Å². The SMILES string of the molecule is Cc1ccc(CNC(=O)COC(=O)c2c(C)nn(-c3ccccc3)c2C)cc1F. The lowest BCUT2D eigenvalue weighted by Gasteiger charge is -2.08. The van der Waals surface area contributed by atoms with Gasteiger partial charge in [0.1, 0.15) is 11.4 Å². The molecular weight excluding hydrogens is 373 g/mol. The molecule has 0 saturated heterocycles. The van der Waals surface area contributed by atoms with Crippen LogP contribution in [0.15, 0.2) is 48.5 Å². The summed E-state index contributed by atoms with van der Waals surface area (Å²) in [6, 6.07) is 14.2. The van der Waals surface area contributed by atoms with E-state index >= 15 is 0 Å². The van der Waals surface area contributed by atoms with Gasteiger partial charge >= 0.3 is 5.97 Å². The van der Waals surface area contributed by atoms with Crippen LogP contribution in [0.5, 0.6) is 0 Å². The van der Waals surface area contributed by atoms with Crippen molar-refractivity contribution in [1.29, 1.82) is 0 Å². The first kappa shape index (κ1) is 20.3. The molecular formula is C22H22FN3O3. The van der Waals surface area contributed by atoms with Crippen LogP contribution in [-0.2, 0) is 16.1 Å². The lowest BCUT2D eigenvalue weighted by molar-refractivity contribution is -0.124. The van der Waals surface area contributed by atoms with E-state index in [2.05, 4.69) is 10.4 Å². The zero-order valence-electron chi connectivity index (χ0n) is 16.5. The number of amides is 1. The molecule has 0 fully saturated rings. The Morgan fingerprint density at radius 3 is 2.52 bits per heavy atom. The van der Waals surface area contributed by atoms with Gasteiger partial charge in [0.25, 0.3) is 5.91 Å². The summed E-state index contributed by atoms with van der Waals surface area (Å²) in [4.78, 5) is 24.5. The van der Waals surface area contributed by atoms with Gasteiger partial charge in [-0.25, -0.2) is 13.9 Å². The number of para-hydroxylation sites is 1. The van der Waals surface area contributed by atoms with Crippen molar-refractivity contribution >= 4 is 11.9 Å². The highest BCUT2D eigenvalue weighted by atomic mass is 19.1. The van der Waals surface area contributed by atoms with Crippen molar-refractivity contribution in [1.82, 2.24) is 15.1 Å². The van der Waals surface area contributed by atoms with Crippen LogP contribution in [-0.4, -0.2) is 28.3 Å². The highest BCUT2D eigenvalue weighted by Crippen LogP contribution is 2.18. The van der Waals surface area contributed by atoms with E-state index in [4.69, 9.17) is 4.74 Å². The minimum Gasteiger partial charge on any atom is -0.452 e. The molecule has 0 aliphatic carbocycles. The second-order valence-corrected chi connectivity index (χ2v) is 6.73. The van der Waals surface area contributed by atoms with Gasteiger partial charge in [-0.05, 0) is 50.1 Å². The van der Waals surface area contributed by atoms with Crippen LogP contribution in [0.2, 0.25) is 0 Å². The fourth-order valence-corrected chi connectivity index (χ4v) is 2.96. The van der Waals surface area contributed by atoms with Gasteiger partial charge in [0, 0.05) is 6.54 Å². The summed E-state index contributed by atoms with van der Waals surface area (Å²) in [5.41, 5.74) is 3.48. The second kappa shape index (κ2) is 8.68. The smallest absolute Gasteiger partial charge is 0.342 e. The molecule has 29 heavy (non-hydrogen) atoms. The summed E-state index contributed by atoms with van der Waals surface area (Å²) in [5.74, 6) is -1.41. The molecule has 0 aliphatic rings. The van der Waals surface area contributed by atoms with Gasteiger partial charge in [0.2, 0.25) is 0 Å². The zero-order chi connectivity index (χ0) is 21.0. The number of hydrogen-bond acceptors (Lipinski definition) is 4. The number of nitrogens with one attached hydrogen (secondary N) is 1. The summed E-state index contributed by atoms with van der Waals surface area (Å²) in [5, 5.41) is 7.01. The van der Waals surface area contributed by atoms with Gasteiger partial charge in [-0.1, -0.05) is 30.3 Å². The number of hydrogen-bond donors (Lipinski definition) is 1. The van der Waals surface area contributed by atoms with E-state index in [-0.39, 0.29) is 12.4 Å². The van der Waals surface area contributed by atoms with Gasteiger partial charge < -0.3 is 10.1 Å². The predicted molar refractivity (Wildman–Crippen MR) is 106 cm³/mol. The molecule has 6 nitrogen and oxygen atoms in total. The molecule has 0 saturated carbocycles. The second-order valence-electron chi connectivity index (χ2n) is 6.73. The Hall–Kier alpha value is -3.48. The average Bonchev–Trinajstić information content (AvgIpc) is 3.02. The van der Waals surface area contributed by atoms with E-state index in [9.17, 15) is 14.0 Å². The van der Waals surface area contributed by atoms with Crippen molar-refractivity contribution in [3.63, 3.8) is 0 Å². The van der Waals surface area contributed by atoms with Crippen LogP contribution in [0.3, 0.4) is 0 Å². The summed E-state index contributed by atoms with van der Waals surface area (Å²) in [6.07, 6.45) is 0. The number of halogens is 1. The van der Waals surface area contributed by atoms with Crippen LogP contribution in [0.25, 0.3) is 5.69 Å². The molecule has 0 bridgehead atoms. The Kier molecular flexibility index (Phi) is 6.07. The molecule has 3 rings (SSSR count). The molecule has 1 heterocycles. The number of aromatic nitrogens is 2. The highest BCUT2D eigenvalue weighted by molar-refractivity contribution is 5.93. The predicted octanol–water partition coefficient (Wildman–Crippen LogP) is 3.41. The van der Waals surface area contributed by atoms with E-state index in [1.807, 2.05) is 30.3 Å². The lowest BCUT2D eigenvalue weighted by atomic mass is 10.1. The monoisotopic (exact) mass is 395 g/mol. The number of rotatable bonds is 6. The van der Waals surface area contributed by atoms with Crippen LogP contribution < -0.4 is 5.32 Å². The summed E-state index contributed by atoms with van der Waals surface area (Å²) in [7, 11) is 0. The third-order valence-electron chi connectivity index (χ3n) is 4.56. The van der Waals surface area contributed by atoms with Crippen molar-refractivity contribution in [2.75, 3.05) is 6.61 Å². The van der Waals surface area contributed by atoms with Gasteiger partial charge in [-0.15, -0.1) is 0 Å². The molecule has 0 atom stereocenters. The molecule has 7 heteroatoms. The molecule has 150 valence electrons. The van der Waals surface area contributed by atoms with Crippen LogP contribution >= 0.6 is 0 Å². The first-order valence-corrected chi connectivity index (χ1v) is 9.17. The van der Waals surface area contributed by atoms with E-state index in [0.29, 0.717) is 28.1 Å². The number of nitrogens with zero attached hydrogens (tertiary/aromatic N) is 2. The molecule has 3 aromatic rings. The minimum absolute atomic E-state index is 0.150. The number of esters is 1. The van der Waals surface area contributed by atoms with Crippen molar-refractivity contribution in [2.24, 2.45) is 0 Å². The number of ether oxygens (including phenoxy) is 1. The van der Waals surface area contributed by atoms with Crippen molar-refractivity contribution < 1.29 is 18.7 Å². The van der Waals surface area contributed by atoms with Crippen LogP contribution in [0, 0.1) is 26.6 Å². The van der Waals surface area contributed by atoms with Gasteiger partial charge in [-0.2, -0.15) is 5.10 Å². The quantitative estimate of drug-likeness (QED) is 0.649. The Bertz CT molecular complexity index is 1040. The fourth-order valence-electron chi connectivity index (χ4n) is 2.96. The molecule has 0 radical (unpaired) electrons. The molecule has 0 aliphatic heterocycles. The van der Waals surface area contributed by atoms with Gasteiger partial charge in [-0.3, -0.25) is 4.79 Å². The van der Waals surface area contributed by atoms with Crippen LogP contribution in [0.4, 0.5) is 4.39 Å². The van der Waals surface area contributed by atoms with Crippen molar-refractivity contribution in [3.05, 3.63) is 82.4 Å². The third-order valence-corrected chi connectivity index (χ3v) is 4.56. The first-order chi connectivity index (χ1) is 13.9. The normalized spacial score (nSPS) is 10.6. The zero-order valence-corrected chi connectivity index (χ0v) is 16.5. The van der Waals surface area contributed by atoms with E-state index in [0.717, 1.165) is 5.69 Å². The molecule has 1 N–H and O–H groups in total.